The smallest absolute Gasteiger partial charge is 0.0380 e. The quantitative estimate of drug-likeness (QED) is 0.667. The zero-order valence-electron chi connectivity index (χ0n) is 9.50. The van der Waals surface area contributed by atoms with Crippen LogP contribution in [-0.4, -0.2) is 0 Å². The van der Waals surface area contributed by atoms with Crippen LogP contribution in [0.3, 0.4) is 0 Å². The normalized spacial score (nSPS) is 11.7. The highest BCUT2D eigenvalue weighted by molar-refractivity contribution is 7.19. The lowest BCUT2D eigenvalue weighted by Gasteiger charge is -1.95. The van der Waals surface area contributed by atoms with Crippen LogP contribution < -0.4 is 0 Å². The van der Waals surface area contributed by atoms with Gasteiger partial charge in [-0.25, -0.2) is 0 Å². The van der Waals surface area contributed by atoms with Gasteiger partial charge in [-0.3, -0.25) is 0 Å². The second kappa shape index (κ2) is 4.19. The summed E-state index contributed by atoms with van der Waals surface area (Å²) >= 11 is 1.90. The van der Waals surface area contributed by atoms with Gasteiger partial charge >= 0.3 is 0 Å². The van der Waals surface area contributed by atoms with E-state index in [1.165, 1.54) is 26.1 Å². The van der Waals surface area contributed by atoms with E-state index in [9.17, 15) is 0 Å². The van der Waals surface area contributed by atoms with Gasteiger partial charge in [0, 0.05) is 15.0 Å². The first kappa shape index (κ1) is 10.4. The van der Waals surface area contributed by atoms with E-state index in [0.717, 1.165) is 6.42 Å². The molecule has 0 saturated carbocycles. The maximum absolute atomic E-state index is 2.26. The minimum absolute atomic E-state index is 1.10. The fourth-order valence-corrected chi connectivity index (χ4v) is 2.95. The lowest BCUT2D eigenvalue weighted by molar-refractivity contribution is 1.23. The van der Waals surface area contributed by atoms with Crippen molar-refractivity contribution in [1.29, 1.82) is 0 Å². The van der Waals surface area contributed by atoms with E-state index in [1.54, 1.807) is 0 Å². The van der Waals surface area contributed by atoms with Gasteiger partial charge in [0.25, 0.3) is 0 Å². The molecule has 0 aliphatic rings. The molecule has 2 rings (SSSR count). The summed E-state index contributed by atoms with van der Waals surface area (Å²) in [5, 5.41) is 1.40. The molecule has 0 unspecified atom stereocenters. The summed E-state index contributed by atoms with van der Waals surface area (Å²) in [6.45, 7) is 6.57. The van der Waals surface area contributed by atoms with Gasteiger partial charge < -0.3 is 0 Å². The Labute approximate surface area is 95.3 Å². The molecule has 0 radical (unpaired) electrons. The van der Waals surface area contributed by atoms with Crippen LogP contribution in [-0.2, 0) is 0 Å². The van der Waals surface area contributed by atoms with Crippen LogP contribution in [0.2, 0.25) is 0 Å². The molecule has 0 amide bonds. The standard InChI is InChI=1S/C14H16S/c1-4-5-8-12-11(3)15-14-10(2)7-6-9-13(12)14/h5-9H,4H2,1-3H3/b8-5-. The molecule has 0 aliphatic carbocycles. The average Bonchev–Trinajstić information content (AvgIpc) is 2.54. The molecule has 0 saturated heterocycles. The largest absolute Gasteiger partial charge is 0.140 e. The summed E-state index contributed by atoms with van der Waals surface area (Å²) in [4.78, 5) is 1.42. The summed E-state index contributed by atoms with van der Waals surface area (Å²) < 4.78 is 1.44. The van der Waals surface area contributed by atoms with Crippen molar-refractivity contribution in [1.82, 2.24) is 0 Å². The van der Waals surface area contributed by atoms with Crippen molar-refractivity contribution < 1.29 is 0 Å². The molecule has 0 atom stereocenters. The summed E-state index contributed by atoms with van der Waals surface area (Å²) in [6, 6.07) is 6.56. The van der Waals surface area contributed by atoms with Gasteiger partial charge in [-0.05, 0) is 31.4 Å². The van der Waals surface area contributed by atoms with Crippen molar-refractivity contribution in [3.63, 3.8) is 0 Å². The lowest BCUT2D eigenvalue weighted by Crippen LogP contribution is -1.74. The Hall–Kier alpha value is -1.08. The number of thiophene rings is 1. The Balaban J connectivity index is 2.68. The predicted molar refractivity (Wildman–Crippen MR) is 70.6 cm³/mol. The molecule has 0 fully saturated rings. The number of benzene rings is 1. The fourth-order valence-electron chi connectivity index (χ4n) is 1.84. The maximum Gasteiger partial charge on any atom is 0.0380 e. The van der Waals surface area contributed by atoms with Crippen molar-refractivity contribution in [3.05, 3.63) is 40.3 Å². The minimum atomic E-state index is 1.10. The molecule has 0 N–H and O–H groups in total. The molecule has 1 heterocycles. The first-order valence-electron chi connectivity index (χ1n) is 5.39. The second-order valence-electron chi connectivity index (χ2n) is 3.83. The molecule has 0 aliphatic heterocycles. The SMILES string of the molecule is CC/C=C\c1c(C)sc2c(C)cccc12. The van der Waals surface area contributed by atoms with E-state index < -0.39 is 0 Å². The first-order chi connectivity index (χ1) is 7.24. The number of hydrogen-bond donors (Lipinski definition) is 0. The Morgan fingerprint density at radius 2 is 2.07 bits per heavy atom. The van der Waals surface area contributed by atoms with Gasteiger partial charge in [0.2, 0.25) is 0 Å². The molecule has 2 aromatic rings. The van der Waals surface area contributed by atoms with Crippen LogP contribution in [0.1, 0.15) is 29.3 Å². The molecule has 15 heavy (non-hydrogen) atoms. The zero-order chi connectivity index (χ0) is 10.8. The van der Waals surface area contributed by atoms with Crippen LogP contribution >= 0.6 is 11.3 Å². The first-order valence-corrected chi connectivity index (χ1v) is 6.21. The van der Waals surface area contributed by atoms with Crippen molar-refractivity contribution >= 4 is 27.5 Å². The zero-order valence-corrected chi connectivity index (χ0v) is 10.3. The number of fused-ring (bicyclic) bond motifs is 1. The van der Waals surface area contributed by atoms with E-state index in [2.05, 4.69) is 51.1 Å². The maximum atomic E-state index is 2.26. The van der Waals surface area contributed by atoms with Crippen LogP contribution in [0.5, 0.6) is 0 Å². The highest BCUT2D eigenvalue weighted by atomic mass is 32.1. The Morgan fingerprint density at radius 1 is 1.27 bits per heavy atom. The van der Waals surface area contributed by atoms with Gasteiger partial charge in [-0.1, -0.05) is 37.3 Å². The Morgan fingerprint density at radius 3 is 2.80 bits per heavy atom. The van der Waals surface area contributed by atoms with E-state index in [4.69, 9.17) is 0 Å². The third-order valence-corrected chi connectivity index (χ3v) is 3.93. The summed E-state index contributed by atoms with van der Waals surface area (Å²) in [7, 11) is 0. The monoisotopic (exact) mass is 216 g/mol. The lowest BCUT2D eigenvalue weighted by atomic mass is 10.1. The highest BCUT2D eigenvalue weighted by Gasteiger charge is 2.07. The van der Waals surface area contributed by atoms with E-state index in [-0.39, 0.29) is 0 Å². The van der Waals surface area contributed by atoms with Crippen molar-refractivity contribution in [2.75, 3.05) is 0 Å². The van der Waals surface area contributed by atoms with Gasteiger partial charge in [-0.15, -0.1) is 11.3 Å². The van der Waals surface area contributed by atoms with Crippen LogP contribution in [0.25, 0.3) is 16.2 Å². The number of aryl methyl sites for hydroxylation is 2. The van der Waals surface area contributed by atoms with E-state index in [1.807, 2.05) is 11.3 Å². The van der Waals surface area contributed by atoms with Gasteiger partial charge in [0.1, 0.15) is 0 Å². The summed E-state index contributed by atoms with van der Waals surface area (Å²) in [6.07, 6.45) is 5.59. The predicted octanol–water partition coefficient (Wildman–Crippen LogP) is 4.94. The second-order valence-corrected chi connectivity index (χ2v) is 5.06. The third kappa shape index (κ3) is 1.84. The number of rotatable bonds is 2. The Kier molecular flexibility index (Phi) is 2.92. The van der Waals surface area contributed by atoms with Crippen LogP contribution in [0.15, 0.2) is 24.3 Å². The number of allylic oxidation sites excluding steroid dienone is 1. The molecular formula is C14H16S. The summed E-state index contributed by atoms with van der Waals surface area (Å²) in [5.74, 6) is 0. The topological polar surface area (TPSA) is 0 Å². The minimum Gasteiger partial charge on any atom is -0.140 e. The van der Waals surface area contributed by atoms with Crippen molar-refractivity contribution in [2.45, 2.75) is 27.2 Å². The molecule has 1 aromatic carbocycles. The number of hydrogen-bond acceptors (Lipinski definition) is 1. The van der Waals surface area contributed by atoms with Gasteiger partial charge in [0.05, 0.1) is 0 Å². The van der Waals surface area contributed by atoms with Crippen LogP contribution in [0.4, 0.5) is 0 Å². The molecule has 0 spiro atoms. The third-order valence-electron chi connectivity index (χ3n) is 2.66. The summed E-state index contributed by atoms with van der Waals surface area (Å²) in [5.41, 5.74) is 2.79. The van der Waals surface area contributed by atoms with Crippen molar-refractivity contribution in [3.8, 4) is 0 Å². The molecule has 0 bridgehead atoms. The van der Waals surface area contributed by atoms with E-state index >= 15 is 0 Å². The molecule has 0 nitrogen and oxygen atoms in total. The molecule has 78 valence electrons. The van der Waals surface area contributed by atoms with Gasteiger partial charge in [0.15, 0.2) is 0 Å². The molecular weight excluding hydrogens is 200 g/mol. The highest BCUT2D eigenvalue weighted by Crippen LogP contribution is 2.33. The van der Waals surface area contributed by atoms with E-state index in [0.29, 0.717) is 0 Å². The average molecular weight is 216 g/mol. The fraction of sp³-hybridized carbons (Fsp3) is 0.286. The molecule has 1 aromatic heterocycles. The molecule has 1 heteroatoms. The van der Waals surface area contributed by atoms with Gasteiger partial charge in [-0.2, -0.15) is 0 Å². The Bertz CT molecular complexity index is 503. The van der Waals surface area contributed by atoms with Crippen molar-refractivity contribution in [2.24, 2.45) is 0 Å². The van der Waals surface area contributed by atoms with Crippen LogP contribution in [0, 0.1) is 13.8 Å².